The predicted octanol–water partition coefficient (Wildman–Crippen LogP) is 1.15. The Morgan fingerprint density at radius 3 is 2.52 bits per heavy atom. The lowest BCUT2D eigenvalue weighted by Gasteiger charge is -2.35. The molecule has 2 atom stereocenters. The first-order valence-electron chi connectivity index (χ1n) is 7.75. The second kappa shape index (κ2) is 7.98. The van der Waals surface area contributed by atoms with Crippen LogP contribution in [0.5, 0.6) is 5.75 Å². The largest absolute Gasteiger partial charge is 0.484 e. The summed E-state index contributed by atoms with van der Waals surface area (Å²) in [6, 6.07) is 6.53. The number of rotatable bonds is 6. The van der Waals surface area contributed by atoms with Gasteiger partial charge in [0.2, 0.25) is 0 Å². The maximum atomic E-state index is 12.5. The summed E-state index contributed by atoms with van der Waals surface area (Å²) >= 11 is 5.17. The average Bonchev–Trinajstić information content (AvgIpc) is 2.51. The van der Waals surface area contributed by atoms with Gasteiger partial charge in [0.25, 0.3) is 5.91 Å². The SMILES string of the molecule is C=C1NC(=S)NC(c2ccc(OCC(N)=O)cc2)C1C(=O)OC(C)C. The molecule has 0 aliphatic carbocycles. The van der Waals surface area contributed by atoms with Crippen LogP contribution in [0.2, 0.25) is 0 Å². The molecule has 0 aromatic heterocycles. The first kappa shape index (κ1) is 18.7. The molecule has 0 saturated carbocycles. The average molecular weight is 363 g/mol. The molecule has 2 unspecified atom stereocenters. The lowest BCUT2D eigenvalue weighted by atomic mass is 9.89. The molecule has 1 aromatic carbocycles. The zero-order valence-corrected chi connectivity index (χ0v) is 14.9. The molecule has 25 heavy (non-hydrogen) atoms. The second-order valence-electron chi connectivity index (χ2n) is 5.89. The van der Waals surface area contributed by atoms with Gasteiger partial charge in [-0.1, -0.05) is 18.7 Å². The van der Waals surface area contributed by atoms with Crippen molar-refractivity contribution >= 4 is 29.2 Å². The van der Waals surface area contributed by atoms with E-state index in [-0.39, 0.29) is 18.7 Å². The normalized spacial score (nSPS) is 19.8. The number of benzene rings is 1. The van der Waals surface area contributed by atoms with Crippen LogP contribution in [0.3, 0.4) is 0 Å². The molecule has 1 aromatic rings. The van der Waals surface area contributed by atoms with Gasteiger partial charge in [0.05, 0.1) is 12.1 Å². The monoisotopic (exact) mass is 363 g/mol. The molecule has 1 amide bonds. The number of thiocarbonyl (C=S) groups is 1. The standard InChI is InChI=1S/C17H21N3O4S/c1-9(2)24-16(22)14-10(3)19-17(25)20-15(14)11-4-6-12(7-5-11)23-8-13(18)21/h4-7,9,14-15H,3,8H2,1-2H3,(H2,18,21)(H2,19,20,25). The number of primary amides is 1. The van der Waals surface area contributed by atoms with E-state index < -0.39 is 17.9 Å². The molecule has 1 fully saturated rings. The number of hydrogen-bond acceptors (Lipinski definition) is 5. The van der Waals surface area contributed by atoms with Crippen molar-refractivity contribution in [1.29, 1.82) is 0 Å². The molecular weight excluding hydrogens is 342 g/mol. The van der Waals surface area contributed by atoms with Crippen molar-refractivity contribution in [3.8, 4) is 5.75 Å². The highest BCUT2D eigenvalue weighted by Crippen LogP contribution is 2.31. The Hall–Kier alpha value is -2.61. The van der Waals surface area contributed by atoms with Crippen molar-refractivity contribution in [2.75, 3.05) is 6.61 Å². The topological polar surface area (TPSA) is 103 Å². The van der Waals surface area contributed by atoms with Crippen LogP contribution in [0, 0.1) is 5.92 Å². The first-order valence-corrected chi connectivity index (χ1v) is 8.16. The molecule has 2 rings (SSSR count). The Morgan fingerprint density at radius 2 is 1.96 bits per heavy atom. The van der Waals surface area contributed by atoms with Gasteiger partial charge in [-0.3, -0.25) is 9.59 Å². The van der Waals surface area contributed by atoms with Crippen LogP contribution in [0.15, 0.2) is 36.5 Å². The highest BCUT2D eigenvalue weighted by molar-refractivity contribution is 7.80. The second-order valence-corrected chi connectivity index (χ2v) is 6.30. The quantitative estimate of drug-likeness (QED) is 0.515. The van der Waals surface area contributed by atoms with Gasteiger partial charge in [-0.2, -0.15) is 0 Å². The number of nitrogens with two attached hydrogens (primary N) is 1. The number of nitrogens with one attached hydrogen (secondary N) is 2. The van der Waals surface area contributed by atoms with E-state index >= 15 is 0 Å². The van der Waals surface area contributed by atoms with E-state index in [0.717, 1.165) is 5.56 Å². The summed E-state index contributed by atoms with van der Waals surface area (Å²) in [5.74, 6) is -1.07. The lowest BCUT2D eigenvalue weighted by Crippen LogP contribution is -2.51. The van der Waals surface area contributed by atoms with Gasteiger partial charge in [-0.05, 0) is 43.8 Å². The Morgan fingerprint density at radius 1 is 1.32 bits per heavy atom. The Balaban J connectivity index is 2.22. The lowest BCUT2D eigenvalue weighted by molar-refractivity contribution is -0.152. The summed E-state index contributed by atoms with van der Waals surface area (Å²) in [5.41, 5.74) is 6.34. The van der Waals surface area contributed by atoms with Crippen molar-refractivity contribution in [3.63, 3.8) is 0 Å². The fourth-order valence-electron chi connectivity index (χ4n) is 2.47. The van der Waals surface area contributed by atoms with Crippen molar-refractivity contribution in [2.45, 2.75) is 26.0 Å². The van der Waals surface area contributed by atoms with E-state index in [1.165, 1.54) is 0 Å². The minimum atomic E-state index is -0.633. The molecule has 1 aliphatic heterocycles. The predicted molar refractivity (Wildman–Crippen MR) is 96.6 cm³/mol. The van der Waals surface area contributed by atoms with Gasteiger partial charge in [-0.15, -0.1) is 0 Å². The third-order valence-corrected chi connectivity index (χ3v) is 3.72. The van der Waals surface area contributed by atoms with Crippen molar-refractivity contribution < 1.29 is 19.1 Å². The number of hydrogen-bond donors (Lipinski definition) is 3. The number of ether oxygens (including phenoxy) is 2. The summed E-state index contributed by atoms with van der Waals surface area (Å²) in [6.07, 6.45) is -0.237. The molecule has 134 valence electrons. The smallest absolute Gasteiger partial charge is 0.317 e. The summed E-state index contributed by atoms with van der Waals surface area (Å²) < 4.78 is 10.6. The van der Waals surface area contributed by atoms with Gasteiger partial charge in [0, 0.05) is 5.70 Å². The van der Waals surface area contributed by atoms with Crippen LogP contribution >= 0.6 is 12.2 Å². The van der Waals surface area contributed by atoms with E-state index in [0.29, 0.717) is 16.6 Å². The van der Waals surface area contributed by atoms with E-state index in [1.54, 1.807) is 38.1 Å². The number of carbonyl (C=O) groups is 2. The maximum absolute atomic E-state index is 12.5. The molecule has 1 saturated heterocycles. The third kappa shape index (κ3) is 4.93. The Kier molecular flexibility index (Phi) is 5.97. The molecule has 0 spiro atoms. The van der Waals surface area contributed by atoms with E-state index in [4.69, 9.17) is 27.4 Å². The summed E-state index contributed by atoms with van der Waals surface area (Å²) in [4.78, 5) is 23.2. The fourth-order valence-corrected chi connectivity index (χ4v) is 2.73. The number of amides is 1. The van der Waals surface area contributed by atoms with Gasteiger partial charge in [0.1, 0.15) is 11.7 Å². The van der Waals surface area contributed by atoms with Gasteiger partial charge in [-0.25, -0.2) is 0 Å². The fraction of sp³-hybridized carbons (Fsp3) is 0.353. The van der Waals surface area contributed by atoms with E-state index in [2.05, 4.69) is 17.2 Å². The molecule has 8 heteroatoms. The van der Waals surface area contributed by atoms with Crippen molar-refractivity contribution in [2.24, 2.45) is 11.7 Å². The first-order chi connectivity index (χ1) is 11.8. The molecule has 7 nitrogen and oxygen atoms in total. The molecule has 1 aliphatic rings. The summed E-state index contributed by atoms with van der Waals surface area (Å²) in [6.45, 7) is 7.27. The highest BCUT2D eigenvalue weighted by Gasteiger charge is 2.38. The third-order valence-electron chi connectivity index (χ3n) is 3.50. The Labute approximate surface area is 151 Å². The van der Waals surface area contributed by atoms with Gasteiger partial charge < -0.3 is 25.8 Å². The Bertz CT molecular complexity index is 688. The van der Waals surface area contributed by atoms with Crippen molar-refractivity contribution in [3.05, 3.63) is 42.1 Å². The number of carbonyl (C=O) groups excluding carboxylic acids is 2. The number of esters is 1. The molecule has 0 bridgehead atoms. The minimum absolute atomic E-state index is 0.199. The maximum Gasteiger partial charge on any atom is 0.317 e. The summed E-state index contributed by atoms with van der Waals surface area (Å²) in [7, 11) is 0. The van der Waals surface area contributed by atoms with Crippen LogP contribution in [0.25, 0.3) is 0 Å². The van der Waals surface area contributed by atoms with E-state index in [1.807, 2.05) is 0 Å². The van der Waals surface area contributed by atoms with Crippen LogP contribution in [-0.2, 0) is 14.3 Å². The minimum Gasteiger partial charge on any atom is -0.484 e. The van der Waals surface area contributed by atoms with Crippen molar-refractivity contribution in [1.82, 2.24) is 10.6 Å². The highest BCUT2D eigenvalue weighted by atomic mass is 32.1. The van der Waals surface area contributed by atoms with Gasteiger partial charge >= 0.3 is 5.97 Å². The van der Waals surface area contributed by atoms with Crippen LogP contribution < -0.4 is 21.1 Å². The molecular formula is C17H21N3O4S. The summed E-state index contributed by atoms with van der Waals surface area (Å²) in [5, 5.41) is 6.34. The van der Waals surface area contributed by atoms with Crippen LogP contribution in [-0.4, -0.2) is 29.7 Å². The zero-order valence-electron chi connectivity index (χ0n) is 14.1. The molecule has 1 heterocycles. The van der Waals surface area contributed by atoms with Crippen LogP contribution in [0.1, 0.15) is 25.5 Å². The molecule has 4 N–H and O–H groups in total. The zero-order chi connectivity index (χ0) is 18.6. The van der Waals surface area contributed by atoms with E-state index in [9.17, 15) is 9.59 Å². The van der Waals surface area contributed by atoms with Crippen LogP contribution in [0.4, 0.5) is 0 Å². The van der Waals surface area contributed by atoms with Gasteiger partial charge in [0.15, 0.2) is 11.7 Å². The molecule has 0 radical (unpaired) electrons.